The number of para-hydroxylation sites is 1. The maximum atomic E-state index is 5.75. The van der Waals surface area contributed by atoms with Crippen LogP contribution in [0.25, 0.3) is 0 Å². The Bertz CT molecular complexity index is 568. The van der Waals surface area contributed by atoms with Gasteiger partial charge < -0.3 is 14.5 Å². The molecule has 0 amide bonds. The Morgan fingerprint density at radius 3 is 3.10 bits per heavy atom. The van der Waals surface area contributed by atoms with E-state index in [0.29, 0.717) is 24.9 Å². The van der Waals surface area contributed by atoms with Crippen LogP contribution >= 0.6 is 0 Å². The summed E-state index contributed by atoms with van der Waals surface area (Å²) >= 11 is 0. The van der Waals surface area contributed by atoms with Gasteiger partial charge in [0.2, 0.25) is 11.8 Å². The molecule has 0 bridgehead atoms. The van der Waals surface area contributed by atoms with E-state index in [1.54, 1.807) is 0 Å². The Kier molecular flexibility index (Phi) is 3.97. The van der Waals surface area contributed by atoms with E-state index in [-0.39, 0.29) is 5.92 Å². The normalized spacial score (nSPS) is 17.6. The number of hydrogen-bond donors (Lipinski definition) is 1. The first-order valence-electron chi connectivity index (χ1n) is 7.10. The first-order chi connectivity index (χ1) is 9.86. The molecule has 1 aliphatic heterocycles. The molecule has 3 rings (SSSR count). The van der Waals surface area contributed by atoms with Crippen molar-refractivity contribution in [1.29, 1.82) is 0 Å². The molecule has 0 spiro atoms. The van der Waals surface area contributed by atoms with Crippen LogP contribution in [0.4, 0.5) is 0 Å². The summed E-state index contributed by atoms with van der Waals surface area (Å²) in [7, 11) is 0. The summed E-state index contributed by atoms with van der Waals surface area (Å²) in [6, 6.07) is 8.10. The van der Waals surface area contributed by atoms with E-state index in [0.717, 1.165) is 25.1 Å². The molecule has 1 atom stereocenters. The van der Waals surface area contributed by atoms with Crippen molar-refractivity contribution in [2.75, 3.05) is 13.2 Å². The van der Waals surface area contributed by atoms with E-state index in [1.165, 1.54) is 5.56 Å². The van der Waals surface area contributed by atoms with E-state index >= 15 is 0 Å². The maximum absolute atomic E-state index is 5.75. The van der Waals surface area contributed by atoms with Crippen LogP contribution < -0.4 is 10.1 Å². The molecule has 5 heteroatoms. The second-order valence-corrected chi connectivity index (χ2v) is 5.03. The van der Waals surface area contributed by atoms with Gasteiger partial charge in [-0.15, -0.1) is 10.2 Å². The second kappa shape index (κ2) is 6.05. The van der Waals surface area contributed by atoms with Crippen LogP contribution in [0, 0.1) is 0 Å². The first kappa shape index (κ1) is 13.1. The number of ether oxygens (including phenoxy) is 1. The smallest absolute Gasteiger partial charge is 0.230 e. The summed E-state index contributed by atoms with van der Waals surface area (Å²) in [4.78, 5) is 0. The molecule has 106 valence electrons. The Balaban J connectivity index is 1.66. The zero-order valence-electron chi connectivity index (χ0n) is 11.6. The van der Waals surface area contributed by atoms with Gasteiger partial charge in [-0.3, -0.25) is 0 Å². The zero-order chi connectivity index (χ0) is 13.8. The van der Waals surface area contributed by atoms with E-state index in [4.69, 9.17) is 9.15 Å². The second-order valence-electron chi connectivity index (χ2n) is 5.03. The fourth-order valence-corrected chi connectivity index (χ4v) is 2.36. The summed E-state index contributed by atoms with van der Waals surface area (Å²) in [6.07, 6.45) is 1.98. The number of benzene rings is 1. The zero-order valence-corrected chi connectivity index (χ0v) is 11.6. The summed E-state index contributed by atoms with van der Waals surface area (Å²) in [6.45, 7) is 4.31. The Hall–Kier alpha value is -1.88. The van der Waals surface area contributed by atoms with Gasteiger partial charge in [-0.2, -0.15) is 0 Å². The average molecular weight is 273 g/mol. The minimum absolute atomic E-state index is 0.150. The van der Waals surface area contributed by atoms with Gasteiger partial charge in [-0.25, -0.2) is 0 Å². The Morgan fingerprint density at radius 2 is 2.20 bits per heavy atom. The number of nitrogens with one attached hydrogen (secondary N) is 1. The molecule has 0 saturated carbocycles. The van der Waals surface area contributed by atoms with Gasteiger partial charge in [-0.1, -0.05) is 25.1 Å². The summed E-state index contributed by atoms with van der Waals surface area (Å²) in [5, 5.41) is 11.5. The molecule has 1 N–H and O–H groups in total. The van der Waals surface area contributed by atoms with Crippen LogP contribution in [-0.2, 0) is 13.0 Å². The fourth-order valence-electron chi connectivity index (χ4n) is 2.36. The van der Waals surface area contributed by atoms with Crippen molar-refractivity contribution in [1.82, 2.24) is 15.5 Å². The molecular formula is C15H19N3O2. The fraction of sp³-hybridized carbons (Fsp3) is 0.467. The lowest BCUT2D eigenvalue weighted by Gasteiger charge is -2.22. The van der Waals surface area contributed by atoms with Gasteiger partial charge >= 0.3 is 0 Å². The lowest BCUT2D eigenvalue weighted by atomic mass is 9.97. The molecule has 0 aliphatic carbocycles. The van der Waals surface area contributed by atoms with Crippen LogP contribution in [0.3, 0.4) is 0 Å². The van der Waals surface area contributed by atoms with Crippen molar-refractivity contribution in [3.8, 4) is 5.75 Å². The number of fused-ring (bicyclic) bond motifs is 1. The van der Waals surface area contributed by atoms with Crippen LogP contribution in [0.2, 0.25) is 0 Å². The minimum atomic E-state index is 0.150. The molecule has 0 radical (unpaired) electrons. The molecule has 1 aromatic heterocycles. The number of nitrogens with zero attached hydrogens (tertiary/aromatic N) is 2. The molecule has 0 saturated heterocycles. The third-order valence-electron chi connectivity index (χ3n) is 3.41. The molecule has 2 aromatic rings. The highest BCUT2D eigenvalue weighted by molar-refractivity contribution is 5.36. The van der Waals surface area contributed by atoms with E-state index in [1.807, 2.05) is 18.2 Å². The summed E-state index contributed by atoms with van der Waals surface area (Å²) in [5.41, 5.74) is 1.20. The van der Waals surface area contributed by atoms with Crippen molar-refractivity contribution >= 4 is 0 Å². The minimum Gasteiger partial charge on any atom is -0.492 e. The van der Waals surface area contributed by atoms with Crippen LogP contribution in [-0.4, -0.2) is 23.3 Å². The van der Waals surface area contributed by atoms with Crippen LogP contribution in [0.5, 0.6) is 5.75 Å². The topological polar surface area (TPSA) is 60.2 Å². The van der Waals surface area contributed by atoms with E-state index < -0.39 is 0 Å². The lowest BCUT2D eigenvalue weighted by molar-refractivity contribution is 0.239. The van der Waals surface area contributed by atoms with Crippen molar-refractivity contribution in [2.45, 2.75) is 32.2 Å². The quantitative estimate of drug-likeness (QED) is 0.847. The predicted octanol–water partition coefficient (Wildman–Crippen LogP) is 2.29. The molecule has 0 fully saturated rings. The molecule has 20 heavy (non-hydrogen) atoms. The number of rotatable bonds is 5. The maximum Gasteiger partial charge on any atom is 0.230 e. The molecule has 1 aliphatic rings. The lowest BCUT2D eigenvalue weighted by Crippen LogP contribution is -2.19. The van der Waals surface area contributed by atoms with Gasteiger partial charge in [0, 0.05) is 0 Å². The standard InChI is InChI=1S/C15H19N3O2/c1-2-7-16-9-14-17-18-15(20-14)12-8-11-5-3-4-6-13(11)19-10-12/h3-6,12,16H,2,7-10H2,1H3. The molecule has 5 nitrogen and oxygen atoms in total. The first-order valence-corrected chi connectivity index (χ1v) is 7.10. The van der Waals surface area contributed by atoms with Crippen molar-refractivity contribution in [3.63, 3.8) is 0 Å². The molecule has 2 heterocycles. The highest BCUT2D eigenvalue weighted by Crippen LogP contribution is 2.31. The van der Waals surface area contributed by atoms with Gasteiger partial charge in [0.25, 0.3) is 0 Å². The van der Waals surface area contributed by atoms with Gasteiger partial charge in [0.15, 0.2) is 0 Å². The third-order valence-corrected chi connectivity index (χ3v) is 3.41. The van der Waals surface area contributed by atoms with Crippen LogP contribution in [0.15, 0.2) is 28.7 Å². The SMILES string of the molecule is CCCNCc1nnc(C2COc3ccccc3C2)o1. The van der Waals surface area contributed by atoms with E-state index in [9.17, 15) is 0 Å². The Labute approximate surface area is 118 Å². The van der Waals surface area contributed by atoms with E-state index in [2.05, 4.69) is 28.5 Å². The predicted molar refractivity (Wildman–Crippen MR) is 74.7 cm³/mol. The van der Waals surface area contributed by atoms with Crippen molar-refractivity contribution < 1.29 is 9.15 Å². The van der Waals surface area contributed by atoms with Crippen molar-refractivity contribution in [2.24, 2.45) is 0 Å². The van der Waals surface area contributed by atoms with Gasteiger partial charge in [-0.05, 0) is 31.0 Å². The average Bonchev–Trinajstić information content (AvgIpc) is 2.96. The summed E-state index contributed by atoms with van der Waals surface area (Å²) < 4.78 is 11.5. The van der Waals surface area contributed by atoms with Gasteiger partial charge in [0.1, 0.15) is 12.4 Å². The monoisotopic (exact) mass is 273 g/mol. The Morgan fingerprint density at radius 1 is 1.30 bits per heavy atom. The highest BCUT2D eigenvalue weighted by Gasteiger charge is 2.25. The third kappa shape index (κ3) is 2.82. The van der Waals surface area contributed by atoms with Crippen LogP contribution in [0.1, 0.15) is 36.6 Å². The summed E-state index contributed by atoms with van der Waals surface area (Å²) in [5.74, 6) is 2.44. The molecule has 1 aromatic carbocycles. The molecule has 1 unspecified atom stereocenters. The number of aromatic nitrogens is 2. The van der Waals surface area contributed by atoms with Gasteiger partial charge in [0.05, 0.1) is 12.5 Å². The largest absolute Gasteiger partial charge is 0.492 e. The van der Waals surface area contributed by atoms with Crippen molar-refractivity contribution in [3.05, 3.63) is 41.6 Å². The number of hydrogen-bond acceptors (Lipinski definition) is 5. The highest BCUT2D eigenvalue weighted by atomic mass is 16.5. The molecular weight excluding hydrogens is 254 g/mol.